The molecule has 3 aromatic rings. The third-order valence-corrected chi connectivity index (χ3v) is 4.45. The van der Waals surface area contributed by atoms with E-state index in [0.717, 1.165) is 11.3 Å². The predicted molar refractivity (Wildman–Crippen MR) is 108 cm³/mol. The lowest BCUT2D eigenvalue weighted by Gasteiger charge is -2.19. The molecule has 0 unspecified atom stereocenters. The quantitative estimate of drug-likeness (QED) is 0.623. The van der Waals surface area contributed by atoms with Crippen molar-refractivity contribution in [3.05, 3.63) is 83.0 Å². The third-order valence-electron chi connectivity index (χ3n) is 4.16. The Bertz CT molecular complexity index is 913. The van der Waals surface area contributed by atoms with Crippen LogP contribution in [0.5, 0.6) is 0 Å². The first-order valence-electron chi connectivity index (χ1n) is 8.47. The van der Waals surface area contributed by atoms with E-state index in [-0.39, 0.29) is 11.3 Å². The van der Waals surface area contributed by atoms with Crippen molar-refractivity contribution in [3.8, 4) is 11.3 Å². The fourth-order valence-corrected chi connectivity index (χ4v) is 2.90. The fourth-order valence-electron chi connectivity index (χ4n) is 2.63. The van der Waals surface area contributed by atoms with Crippen molar-refractivity contribution in [2.45, 2.75) is 26.2 Å². The molecule has 0 aliphatic rings. The van der Waals surface area contributed by atoms with Crippen LogP contribution in [0.25, 0.3) is 11.3 Å². The number of rotatable bonds is 3. The fraction of sp³-hybridized carbons (Fsp3) is 0.182. The molecular formula is C22H21ClN2O. The van der Waals surface area contributed by atoms with Crippen molar-refractivity contribution in [1.29, 1.82) is 0 Å². The normalized spacial score (nSPS) is 11.2. The van der Waals surface area contributed by atoms with Crippen LogP contribution >= 0.6 is 11.6 Å². The molecule has 0 saturated heterocycles. The number of nitrogens with zero attached hydrogens (tertiary/aromatic N) is 1. The molecule has 1 heterocycles. The highest BCUT2D eigenvalue weighted by molar-refractivity contribution is 6.33. The highest BCUT2D eigenvalue weighted by Crippen LogP contribution is 2.27. The van der Waals surface area contributed by atoms with E-state index < -0.39 is 0 Å². The Hall–Kier alpha value is -2.65. The number of nitrogens with one attached hydrogen (secondary N) is 1. The van der Waals surface area contributed by atoms with E-state index >= 15 is 0 Å². The van der Waals surface area contributed by atoms with Gasteiger partial charge in [-0.15, -0.1) is 0 Å². The average molecular weight is 365 g/mol. The largest absolute Gasteiger partial charge is 0.322 e. The second-order valence-corrected chi connectivity index (χ2v) is 7.61. The van der Waals surface area contributed by atoms with Crippen LogP contribution in [0.15, 0.2) is 66.9 Å². The topological polar surface area (TPSA) is 42.0 Å². The molecule has 0 aliphatic carbocycles. The van der Waals surface area contributed by atoms with Gasteiger partial charge in [0.05, 0.1) is 16.3 Å². The lowest BCUT2D eigenvalue weighted by Crippen LogP contribution is -2.14. The molecule has 0 radical (unpaired) electrons. The Morgan fingerprint density at radius 3 is 2.23 bits per heavy atom. The highest BCUT2D eigenvalue weighted by atomic mass is 35.5. The Labute approximate surface area is 159 Å². The van der Waals surface area contributed by atoms with Crippen LogP contribution < -0.4 is 5.32 Å². The average Bonchev–Trinajstić information content (AvgIpc) is 2.62. The molecule has 0 atom stereocenters. The van der Waals surface area contributed by atoms with Gasteiger partial charge in [0.15, 0.2) is 0 Å². The summed E-state index contributed by atoms with van der Waals surface area (Å²) in [4.78, 5) is 16.9. The van der Waals surface area contributed by atoms with Crippen LogP contribution in [-0.4, -0.2) is 10.9 Å². The molecule has 26 heavy (non-hydrogen) atoms. The summed E-state index contributed by atoms with van der Waals surface area (Å²) in [7, 11) is 0. The third kappa shape index (κ3) is 4.12. The van der Waals surface area contributed by atoms with Gasteiger partial charge in [-0.05, 0) is 29.2 Å². The Morgan fingerprint density at radius 1 is 1.00 bits per heavy atom. The molecule has 0 saturated carbocycles. The molecule has 4 heteroatoms. The van der Waals surface area contributed by atoms with Gasteiger partial charge in [0.25, 0.3) is 5.91 Å². The predicted octanol–water partition coefficient (Wildman–Crippen LogP) is 5.95. The van der Waals surface area contributed by atoms with Gasteiger partial charge in [0.1, 0.15) is 0 Å². The first kappa shape index (κ1) is 18.2. The monoisotopic (exact) mass is 364 g/mol. The zero-order valence-electron chi connectivity index (χ0n) is 15.1. The zero-order chi connectivity index (χ0) is 18.7. The Balaban J connectivity index is 1.77. The summed E-state index contributed by atoms with van der Waals surface area (Å²) >= 11 is 6.34. The van der Waals surface area contributed by atoms with Crippen LogP contribution in [0.2, 0.25) is 5.02 Å². The van der Waals surface area contributed by atoms with Crippen LogP contribution in [-0.2, 0) is 5.41 Å². The van der Waals surface area contributed by atoms with E-state index in [4.69, 9.17) is 11.6 Å². The first-order chi connectivity index (χ1) is 12.3. The minimum Gasteiger partial charge on any atom is -0.322 e. The van der Waals surface area contributed by atoms with Crippen LogP contribution in [0.3, 0.4) is 0 Å². The number of carbonyl (C=O) groups is 1. The molecule has 1 aromatic heterocycles. The smallest absolute Gasteiger partial charge is 0.257 e. The van der Waals surface area contributed by atoms with Crippen molar-refractivity contribution in [2.24, 2.45) is 0 Å². The molecule has 1 amide bonds. The molecule has 1 N–H and O–H groups in total. The Morgan fingerprint density at radius 2 is 1.65 bits per heavy atom. The number of amides is 1. The molecule has 0 aliphatic heterocycles. The van der Waals surface area contributed by atoms with Crippen molar-refractivity contribution < 1.29 is 4.79 Å². The minimum absolute atomic E-state index is 0.0766. The summed E-state index contributed by atoms with van der Waals surface area (Å²) in [5.41, 5.74) is 4.04. The zero-order valence-corrected chi connectivity index (χ0v) is 15.8. The molecule has 0 bridgehead atoms. The summed E-state index contributed by atoms with van der Waals surface area (Å²) in [6, 6.07) is 19.2. The van der Waals surface area contributed by atoms with E-state index in [1.54, 1.807) is 12.3 Å². The van der Waals surface area contributed by atoms with E-state index in [1.807, 2.05) is 54.6 Å². The van der Waals surface area contributed by atoms with Gasteiger partial charge in [-0.25, -0.2) is 0 Å². The maximum absolute atomic E-state index is 12.5. The number of halogens is 1. The van der Waals surface area contributed by atoms with E-state index in [1.165, 1.54) is 5.56 Å². The molecule has 3 rings (SSSR count). The van der Waals surface area contributed by atoms with Gasteiger partial charge in [0.2, 0.25) is 0 Å². The number of pyridine rings is 1. The second-order valence-electron chi connectivity index (χ2n) is 7.20. The SMILES string of the molecule is CC(C)(C)c1ccc(NC(=O)c2cnc(-c3ccccc3)c(Cl)c2)cc1. The maximum Gasteiger partial charge on any atom is 0.257 e. The molecule has 0 fully saturated rings. The van der Waals surface area contributed by atoms with Crippen molar-refractivity contribution in [1.82, 2.24) is 4.98 Å². The summed E-state index contributed by atoms with van der Waals surface area (Å²) < 4.78 is 0. The van der Waals surface area contributed by atoms with E-state index in [0.29, 0.717) is 16.3 Å². The number of carbonyl (C=O) groups excluding carboxylic acids is 1. The van der Waals surface area contributed by atoms with Crippen LogP contribution in [0.4, 0.5) is 5.69 Å². The summed E-state index contributed by atoms with van der Waals surface area (Å²) in [6.45, 7) is 6.47. The van der Waals surface area contributed by atoms with Crippen molar-refractivity contribution >= 4 is 23.2 Å². The van der Waals surface area contributed by atoms with Gasteiger partial charge < -0.3 is 5.32 Å². The number of hydrogen-bond donors (Lipinski definition) is 1. The van der Waals surface area contributed by atoms with Gasteiger partial charge >= 0.3 is 0 Å². The maximum atomic E-state index is 12.5. The standard InChI is InChI=1S/C22H21ClN2O/c1-22(2,3)17-9-11-18(12-10-17)25-21(26)16-13-19(23)20(24-14-16)15-7-5-4-6-8-15/h4-14H,1-3H3,(H,25,26). The van der Waals surface area contributed by atoms with E-state index in [2.05, 4.69) is 31.1 Å². The van der Waals surface area contributed by atoms with Crippen LogP contribution in [0, 0.1) is 0 Å². The highest BCUT2D eigenvalue weighted by Gasteiger charge is 2.14. The number of hydrogen-bond acceptors (Lipinski definition) is 2. The molecule has 0 spiro atoms. The van der Waals surface area contributed by atoms with Gasteiger partial charge in [-0.2, -0.15) is 0 Å². The van der Waals surface area contributed by atoms with Crippen molar-refractivity contribution in [2.75, 3.05) is 5.32 Å². The number of anilines is 1. The van der Waals surface area contributed by atoms with Gasteiger partial charge in [-0.1, -0.05) is 74.8 Å². The van der Waals surface area contributed by atoms with Gasteiger partial charge in [0, 0.05) is 17.4 Å². The molecule has 2 aromatic carbocycles. The second kappa shape index (κ2) is 7.30. The van der Waals surface area contributed by atoms with Gasteiger partial charge in [-0.3, -0.25) is 9.78 Å². The minimum atomic E-state index is -0.234. The van der Waals surface area contributed by atoms with Crippen molar-refractivity contribution in [3.63, 3.8) is 0 Å². The summed E-state index contributed by atoms with van der Waals surface area (Å²) in [5, 5.41) is 3.34. The molecule has 132 valence electrons. The Kier molecular flexibility index (Phi) is 5.10. The van der Waals surface area contributed by atoms with Crippen LogP contribution in [0.1, 0.15) is 36.7 Å². The summed E-state index contributed by atoms with van der Waals surface area (Å²) in [5.74, 6) is -0.234. The number of benzene rings is 2. The number of aromatic nitrogens is 1. The lowest BCUT2D eigenvalue weighted by molar-refractivity contribution is 0.102. The lowest BCUT2D eigenvalue weighted by atomic mass is 9.87. The molecule has 3 nitrogen and oxygen atoms in total. The first-order valence-corrected chi connectivity index (χ1v) is 8.85. The molecular weight excluding hydrogens is 344 g/mol. The van der Waals surface area contributed by atoms with E-state index in [9.17, 15) is 4.79 Å². The summed E-state index contributed by atoms with van der Waals surface area (Å²) in [6.07, 6.45) is 1.55.